The van der Waals surface area contributed by atoms with Crippen molar-refractivity contribution in [1.29, 1.82) is 0 Å². The van der Waals surface area contributed by atoms with Crippen LogP contribution in [-0.4, -0.2) is 23.0 Å². The lowest BCUT2D eigenvalue weighted by atomic mass is 10.3. The Morgan fingerprint density at radius 1 is 0.967 bits per heavy atom. The summed E-state index contributed by atoms with van der Waals surface area (Å²) < 4.78 is 35.2. The Balaban J connectivity index is 1.50. The van der Waals surface area contributed by atoms with E-state index in [1.165, 1.54) is 24.3 Å². The zero-order chi connectivity index (χ0) is 21.1. The number of ether oxygens (including phenoxy) is 1. The fourth-order valence-corrected chi connectivity index (χ4v) is 3.92. The van der Waals surface area contributed by atoms with Crippen molar-refractivity contribution < 1.29 is 13.2 Å². The van der Waals surface area contributed by atoms with E-state index in [1.807, 2.05) is 29.1 Å². The number of nitrogens with one attached hydrogen (secondary N) is 1. The number of hydrogen-bond donors (Lipinski definition) is 1. The van der Waals surface area contributed by atoms with Crippen molar-refractivity contribution in [3.8, 4) is 17.4 Å². The van der Waals surface area contributed by atoms with Crippen LogP contribution in [0.1, 0.15) is 5.82 Å². The van der Waals surface area contributed by atoms with Crippen LogP contribution < -0.4 is 9.46 Å². The maximum atomic E-state index is 12.5. The van der Waals surface area contributed by atoms with E-state index in [-0.39, 0.29) is 4.90 Å². The molecule has 7 nitrogen and oxygen atoms in total. The zero-order valence-corrected chi connectivity index (χ0v) is 17.4. The molecule has 0 saturated heterocycles. The van der Waals surface area contributed by atoms with E-state index in [9.17, 15) is 8.42 Å². The number of rotatable bonds is 6. The van der Waals surface area contributed by atoms with Gasteiger partial charge in [-0.1, -0.05) is 11.6 Å². The second-order valence-electron chi connectivity index (χ2n) is 6.39. The maximum Gasteiger partial charge on any atom is 0.261 e. The minimum atomic E-state index is -3.71. The van der Waals surface area contributed by atoms with Gasteiger partial charge >= 0.3 is 0 Å². The minimum Gasteiger partial charge on any atom is -0.439 e. The van der Waals surface area contributed by atoms with E-state index < -0.39 is 10.0 Å². The molecular weight excluding hydrogens is 424 g/mol. The number of anilines is 1. The molecule has 0 aliphatic heterocycles. The number of hydrogen-bond acceptors (Lipinski definition) is 5. The second-order valence-corrected chi connectivity index (χ2v) is 8.51. The lowest BCUT2D eigenvalue weighted by molar-refractivity contribution is 0.459. The predicted molar refractivity (Wildman–Crippen MR) is 115 cm³/mol. The molecule has 0 aliphatic rings. The van der Waals surface area contributed by atoms with Crippen molar-refractivity contribution in [3.05, 3.63) is 90.0 Å². The van der Waals surface area contributed by atoms with Crippen molar-refractivity contribution in [2.75, 3.05) is 4.72 Å². The molecule has 2 heterocycles. The summed E-state index contributed by atoms with van der Waals surface area (Å²) in [5.74, 6) is 2.17. The zero-order valence-electron chi connectivity index (χ0n) is 15.9. The number of benzene rings is 2. The molecule has 0 radical (unpaired) electrons. The predicted octanol–water partition coefficient (Wildman–Crippen LogP) is 4.82. The summed E-state index contributed by atoms with van der Waals surface area (Å²) in [6.07, 6.45) is 3.76. The van der Waals surface area contributed by atoms with Crippen LogP contribution in [0.3, 0.4) is 0 Å². The third kappa shape index (κ3) is 4.61. The highest BCUT2D eigenvalue weighted by Gasteiger charge is 2.14. The Morgan fingerprint density at radius 3 is 2.30 bits per heavy atom. The van der Waals surface area contributed by atoms with E-state index in [0.29, 0.717) is 34.0 Å². The van der Waals surface area contributed by atoms with Gasteiger partial charge < -0.3 is 9.30 Å². The van der Waals surface area contributed by atoms with Gasteiger partial charge in [0.05, 0.1) is 4.90 Å². The van der Waals surface area contributed by atoms with Crippen LogP contribution in [0.2, 0.25) is 5.02 Å². The first-order chi connectivity index (χ1) is 14.4. The van der Waals surface area contributed by atoms with Crippen LogP contribution in [0.5, 0.6) is 11.6 Å². The van der Waals surface area contributed by atoms with Gasteiger partial charge in [-0.25, -0.2) is 13.4 Å². The monoisotopic (exact) mass is 440 g/mol. The Labute approximate surface area is 179 Å². The Bertz CT molecular complexity index is 1260. The molecule has 0 unspecified atom stereocenters. The van der Waals surface area contributed by atoms with Gasteiger partial charge in [0.2, 0.25) is 5.88 Å². The van der Waals surface area contributed by atoms with Crippen molar-refractivity contribution in [1.82, 2.24) is 14.5 Å². The average Bonchev–Trinajstić information content (AvgIpc) is 3.24. The van der Waals surface area contributed by atoms with Crippen molar-refractivity contribution in [2.24, 2.45) is 0 Å². The lowest BCUT2D eigenvalue weighted by Crippen LogP contribution is -2.12. The van der Waals surface area contributed by atoms with Gasteiger partial charge in [-0.15, -0.1) is 0 Å². The minimum absolute atomic E-state index is 0.126. The molecule has 2 aromatic heterocycles. The van der Waals surface area contributed by atoms with Gasteiger partial charge in [-0.05, 0) is 67.6 Å². The Morgan fingerprint density at radius 2 is 1.63 bits per heavy atom. The number of halogens is 1. The summed E-state index contributed by atoms with van der Waals surface area (Å²) in [5, 5.41) is 0.468. The molecule has 0 amide bonds. The van der Waals surface area contributed by atoms with Crippen LogP contribution in [0, 0.1) is 6.92 Å². The normalized spacial score (nSPS) is 11.3. The van der Waals surface area contributed by atoms with Gasteiger partial charge in [0, 0.05) is 29.2 Å². The molecule has 0 spiro atoms. The highest BCUT2D eigenvalue weighted by Crippen LogP contribution is 2.24. The van der Waals surface area contributed by atoms with E-state index in [0.717, 1.165) is 0 Å². The van der Waals surface area contributed by atoms with E-state index >= 15 is 0 Å². The highest BCUT2D eigenvalue weighted by atomic mass is 35.5. The molecule has 0 aliphatic carbocycles. The molecule has 0 saturated carbocycles. The SMILES string of the molecule is Cc1nc(Oc2ccc(NS(=O)(=O)c3ccc(Cl)cc3)cc2)cc(-n2cccc2)n1. The molecule has 152 valence electrons. The largest absolute Gasteiger partial charge is 0.439 e. The number of sulfonamides is 1. The smallest absolute Gasteiger partial charge is 0.261 e. The lowest BCUT2D eigenvalue weighted by Gasteiger charge is -2.10. The first-order valence-corrected chi connectivity index (χ1v) is 10.8. The molecule has 30 heavy (non-hydrogen) atoms. The van der Waals surface area contributed by atoms with Crippen molar-refractivity contribution in [2.45, 2.75) is 11.8 Å². The number of aryl methyl sites for hydroxylation is 1. The quantitative estimate of drug-likeness (QED) is 0.464. The summed E-state index contributed by atoms with van der Waals surface area (Å²) in [4.78, 5) is 8.82. The van der Waals surface area contributed by atoms with Crippen molar-refractivity contribution in [3.63, 3.8) is 0 Å². The highest BCUT2D eigenvalue weighted by molar-refractivity contribution is 7.92. The Kier molecular flexibility index (Phi) is 5.43. The van der Waals surface area contributed by atoms with Crippen LogP contribution in [0.15, 0.2) is 84.0 Å². The molecule has 9 heteroatoms. The van der Waals surface area contributed by atoms with Crippen LogP contribution >= 0.6 is 11.6 Å². The number of nitrogens with zero attached hydrogens (tertiary/aromatic N) is 3. The summed E-state index contributed by atoms with van der Waals surface area (Å²) in [6, 6.07) is 18.0. The van der Waals surface area contributed by atoms with Crippen LogP contribution in [0.25, 0.3) is 5.82 Å². The van der Waals surface area contributed by atoms with Crippen LogP contribution in [-0.2, 0) is 10.0 Å². The molecule has 0 fully saturated rings. The first kappa shape index (κ1) is 19.9. The standard InChI is InChI=1S/C21H17ClN4O3S/c1-15-23-20(26-12-2-3-13-26)14-21(24-15)29-18-8-6-17(7-9-18)25-30(27,28)19-10-4-16(22)5-11-19/h2-14,25H,1H3. The summed E-state index contributed by atoms with van der Waals surface area (Å²) in [7, 11) is -3.71. The molecule has 0 bridgehead atoms. The summed E-state index contributed by atoms with van der Waals surface area (Å²) >= 11 is 5.81. The first-order valence-electron chi connectivity index (χ1n) is 8.94. The molecule has 4 aromatic rings. The molecule has 4 rings (SSSR count). The van der Waals surface area contributed by atoms with Gasteiger partial charge in [0.25, 0.3) is 10.0 Å². The van der Waals surface area contributed by atoms with E-state index in [2.05, 4.69) is 14.7 Å². The summed E-state index contributed by atoms with van der Waals surface area (Å²) in [5.41, 5.74) is 0.407. The second kappa shape index (κ2) is 8.17. The van der Waals surface area contributed by atoms with Gasteiger partial charge in [-0.2, -0.15) is 4.98 Å². The van der Waals surface area contributed by atoms with Gasteiger partial charge in [0.15, 0.2) is 0 Å². The van der Waals surface area contributed by atoms with Gasteiger partial charge in [0.1, 0.15) is 17.4 Å². The average molecular weight is 441 g/mol. The molecule has 1 N–H and O–H groups in total. The molecule has 2 aromatic carbocycles. The fraction of sp³-hybridized carbons (Fsp3) is 0.0476. The van der Waals surface area contributed by atoms with E-state index in [1.54, 1.807) is 37.3 Å². The van der Waals surface area contributed by atoms with Gasteiger partial charge in [-0.3, -0.25) is 4.72 Å². The molecule has 0 atom stereocenters. The van der Waals surface area contributed by atoms with Crippen LogP contribution in [0.4, 0.5) is 5.69 Å². The fourth-order valence-electron chi connectivity index (χ4n) is 2.74. The topological polar surface area (TPSA) is 86.1 Å². The van der Waals surface area contributed by atoms with E-state index in [4.69, 9.17) is 16.3 Å². The third-order valence-electron chi connectivity index (χ3n) is 4.12. The maximum absolute atomic E-state index is 12.5. The third-order valence-corrected chi connectivity index (χ3v) is 5.77. The molecular formula is C21H17ClN4O3S. The number of aromatic nitrogens is 3. The Hall–Kier alpha value is -3.36. The summed E-state index contributed by atoms with van der Waals surface area (Å²) in [6.45, 7) is 1.79. The van der Waals surface area contributed by atoms with Crippen molar-refractivity contribution >= 4 is 27.3 Å².